The highest BCUT2D eigenvalue weighted by Gasteiger charge is 2.15. The van der Waals surface area contributed by atoms with Gasteiger partial charge in [-0.25, -0.2) is 4.39 Å². The van der Waals surface area contributed by atoms with Crippen LogP contribution < -0.4 is 5.32 Å². The molecule has 1 rings (SSSR count). The lowest BCUT2D eigenvalue weighted by molar-refractivity contribution is 0.289. The van der Waals surface area contributed by atoms with Crippen molar-refractivity contribution >= 4 is 11.8 Å². The molecule has 2 nitrogen and oxygen atoms in total. The van der Waals surface area contributed by atoms with E-state index in [1.54, 1.807) is 24.8 Å². The van der Waals surface area contributed by atoms with Gasteiger partial charge in [0.25, 0.3) is 0 Å². The van der Waals surface area contributed by atoms with Gasteiger partial charge in [-0.05, 0) is 50.1 Å². The van der Waals surface area contributed by atoms with Gasteiger partial charge in [0.1, 0.15) is 5.82 Å². The Kier molecular flexibility index (Phi) is 6.83. The van der Waals surface area contributed by atoms with Gasteiger partial charge in [0.2, 0.25) is 0 Å². The van der Waals surface area contributed by atoms with Crippen LogP contribution in [0.2, 0.25) is 0 Å². The number of hydrogen-bond acceptors (Lipinski definition) is 3. The monoisotopic (exact) mass is 285 g/mol. The molecule has 2 unspecified atom stereocenters. The average molecular weight is 285 g/mol. The molecule has 19 heavy (non-hydrogen) atoms. The molecule has 0 fully saturated rings. The Morgan fingerprint density at radius 3 is 2.63 bits per heavy atom. The Bertz CT molecular complexity index is 411. The summed E-state index contributed by atoms with van der Waals surface area (Å²) in [5.74, 6) is -0.154. The average Bonchev–Trinajstić information content (AvgIpc) is 2.34. The molecule has 4 heteroatoms. The first-order valence-corrected chi connectivity index (χ1v) is 7.68. The Morgan fingerprint density at radius 1 is 1.37 bits per heavy atom. The fourth-order valence-electron chi connectivity index (χ4n) is 1.98. The zero-order chi connectivity index (χ0) is 14.4. The predicted molar refractivity (Wildman–Crippen MR) is 80.3 cm³/mol. The SMILES string of the molecule is CCNC(C)c1cc(F)c(C)cc1SC(C)CCO. The predicted octanol–water partition coefficient (Wildman–Crippen LogP) is 3.67. The van der Waals surface area contributed by atoms with Crippen molar-refractivity contribution in [1.82, 2.24) is 5.32 Å². The fraction of sp³-hybridized carbons (Fsp3) is 0.600. The summed E-state index contributed by atoms with van der Waals surface area (Å²) < 4.78 is 13.8. The van der Waals surface area contributed by atoms with Gasteiger partial charge in [0, 0.05) is 22.8 Å². The molecule has 108 valence electrons. The van der Waals surface area contributed by atoms with Gasteiger partial charge >= 0.3 is 0 Å². The van der Waals surface area contributed by atoms with E-state index in [1.165, 1.54) is 0 Å². The van der Waals surface area contributed by atoms with Crippen molar-refractivity contribution in [2.24, 2.45) is 0 Å². The van der Waals surface area contributed by atoms with E-state index in [0.717, 1.165) is 23.4 Å². The molecule has 0 spiro atoms. The number of rotatable bonds is 7. The van der Waals surface area contributed by atoms with E-state index in [-0.39, 0.29) is 18.5 Å². The standard InChI is InChI=1S/C15H24FNOS/c1-5-17-12(4)13-9-14(16)10(2)8-15(13)19-11(3)6-7-18/h8-9,11-12,17-18H,5-7H2,1-4H3. The number of thioether (sulfide) groups is 1. The molecule has 0 saturated heterocycles. The number of hydrogen-bond donors (Lipinski definition) is 2. The van der Waals surface area contributed by atoms with E-state index in [2.05, 4.69) is 12.2 Å². The third kappa shape index (κ3) is 4.79. The van der Waals surface area contributed by atoms with Gasteiger partial charge in [0.15, 0.2) is 0 Å². The second-order valence-corrected chi connectivity index (χ2v) is 6.34. The van der Waals surface area contributed by atoms with Crippen LogP contribution in [0, 0.1) is 12.7 Å². The summed E-state index contributed by atoms with van der Waals surface area (Å²) in [6.07, 6.45) is 0.746. The van der Waals surface area contributed by atoms with E-state index in [4.69, 9.17) is 5.11 Å². The van der Waals surface area contributed by atoms with Gasteiger partial charge in [-0.1, -0.05) is 13.8 Å². The van der Waals surface area contributed by atoms with Crippen LogP contribution in [0.3, 0.4) is 0 Å². The molecule has 0 saturated carbocycles. The van der Waals surface area contributed by atoms with E-state index in [0.29, 0.717) is 10.8 Å². The van der Waals surface area contributed by atoms with Gasteiger partial charge in [-0.2, -0.15) is 0 Å². The highest BCUT2D eigenvalue weighted by atomic mass is 32.2. The number of halogens is 1. The summed E-state index contributed by atoms with van der Waals surface area (Å²) in [5.41, 5.74) is 1.67. The highest BCUT2D eigenvalue weighted by Crippen LogP contribution is 2.33. The minimum absolute atomic E-state index is 0.129. The lowest BCUT2D eigenvalue weighted by Gasteiger charge is -2.20. The first-order chi connectivity index (χ1) is 8.99. The Morgan fingerprint density at radius 2 is 2.05 bits per heavy atom. The summed E-state index contributed by atoms with van der Waals surface area (Å²) in [4.78, 5) is 1.10. The smallest absolute Gasteiger partial charge is 0.126 e. The first-order valence-electron chi connectivity index (χ1n) is 6.80. The van der Waals surface area contributed by atoms with Crippen molar-refractivity contribution in [2.75, 3.05) is 13.2 Å². The summed E-state index contributed by atoms with van der Waals surface area (Å²) >= 11 is 1.71. The maximum absolute atomic E-state index is 13.8. The van der Waals surface area contributed by atoms with E-state index >= 15 is 0 Å². The highest BCUT2D eigenvalue weighted by molar-refractivity contribution is 8.00. The van der Waals surface area contributed by atoms with Crippen LogP contribution in [0.4, 0.5) is 4.39 Å². The number of benzene rings is 1. The van der Waals surface area contributed by atoms with Crippen molar-refractivity contribution in [2.45, 2.75) is 50.3 Å². The molecule has 0 aromatic heterocycles. The molecule has 0 bridgehead atoms. The van der Waals surface area contributed by atoms with Crippen molar-refractivity contribution in [3.8, 4) is 0 Å². The van der Waals surface area contributed by atoms with Gasteiger partial charge < -0.3 is 10.4 Å². The van der Waals surface area contributed by atoms with E-state index < -0.39 is 0 Å². The summed E-state index contributed by atoms with van der Waals surface area (Å²) in [6.45, 7) is 9.01. The molecule has 1 aromatic carbocycles. The minimum atomic E-state index is -0.154. The molecule has 2 atom stereocenters. The summed E-state index contributed by atoms with van der Waals surface area (Å²) in [7, 11) is 0. The molecular weight excluding hydrogens is 261 g/mol. The Hall–Kier alpha value is -0.580. The number of aliphatic hydroxyl groups is 1. The molecule has 0 aliphatic heterocycles. The summed E-state index contributed by atoms with van der Waals surface area (Å²) in [6, 6.07) is 3.68. The fourth-order valence-corrected chi connectivity index (χ4v) is 3.26. The number of aryl methyl sites for hydroxylation is 1. The molecule has 0 amide bonds. The molecule has 2 N–H and O–H groups in total. The molecule has 0 heterocycles. The van der Waals surface area contributed by atoms with Crippen LogP contribution in [0.1, 0.15) is 44.4 Å². The third-order valence-corrected chi connectivity index (χ3v) is 4.38. The van der Waals surface area contributed by atoms with Gasteiger partial charge in [0.05, 0.1) is 0 Å². The number of aliphatic hydroxyl groups excluding tert-OH is 1. The minimum Gasteiger partial charge on any atom is -0.396 e. The largest absolute Gasteiger partial charge is 0.396 e. The molecule has 1 aromatic rings. The maximum atomic E-state index is 13.8. The van der Waals surface area contributed by atoms with Gasteiger partial charge in [-0.3, -0.25) is 0 Å². The van der Waals surface area contributed by atoms with Crippen molar-refractivity contribution in [3.63, 3.8) is 0 Å². The first kappa shape index (κ1) is 16.5. The lowest BCUT2D eigenvalue weighted by atomic mass is 10.1. The maximum Gasteiger partial charge on any atom is 0.126 e. The Balaban J connectivity index is 3.02. The quantitative estimate of drug-likeness (QED) is 0.750. The second-order valence-electron chi connectivity index (χ2n) is 4.86. The van der Waals surface area contributed by atoms with Crippen molar-refractivity contribution < 1.29 is 9.50 Å². The normalized spacial score (nSPS) is 14.4. The van der Waals surface area contributed by atoms with Crippen LogP contribution in [0.15, 0.2) is 17.0 Å². The van der Waals surface area contributed by atoms with E-state index in [1.807, 2.05) is 19.9 Å². The zero-order valence-electron chi connectivity index (χ0n) is 12.2. The number of nitrogens with one attached hydrogen (secondary N) is 1. The topological polar surface area (TPSA) is 32.3 Å². The second kappa shape index (κ2) is 7.88. The Labute approximate surface area is 119 Å². The molecule has 0 aliphatic rings. The molecular formula is C15H24FNOS. The molecule has 0 radical (unpaired) electrons. The third-order valence-electron chi connectivity index (χ3n) is 3.13. The van der Waals surface area contributed by atoms with E-state index in [9.17, 15) is 4.39 Å². The van der Waals surface area contributed by atoms with Crippen LogP contribution >= 0.6 is 11.8 Å². The van der Waals surface area contributed by atoms with Crippen LogP contribution in [-0.4, -0.2) is 23.5 Å². The van der Waals surface area contributed by atoms with Crippen LogP contribution in [-0.2, 0) is 0 Å². The van der Waals surface area contributed by atoms with Crippen LogP contribution in [0.25, 0.3) is 0 Å². The lowest BCUT2D eigenvalue weighted by Crippen LogP contribution is -2.19. The zero-order valence-corrected chi connectivity index (χ0v) is 13.0. The summed E-state index contributed by atoms with van der Waals surface area (Å²) in [5, 5.41) is 12.6. The van der Waals surface area contributed by atoms with Crippen molar-refractivity contribution in [1.29, 1.82) is 0 Å². The van der Waals surface area contributed by atoms with Crippen molar-refractivity contribution in [3.05, 3.63) is 29.1 Å². The van der Waals surface area contributed by atoms with Crippen LogP contribution in [0.5, 0.6) is 0 Å². The molecule has 0 aliphatic carbocycles. The van der Waals surface area contributed by atoms with Gasteiger partial charge in [-0.15, -0.1) is 11.8 Å².